The van der Waals surface area contributed by atoms with Gasteiger partial charge in [-0.15, -0.1) is 0 Å². The van der Waals surface area contributed by atoms with Gasteiger partial charge in [-0.05, 0) is 49.4 Å². The number of benzene rings is 3. The van der Waals surface area contributed by atoms with E-state index < -0.39 is 10.0 Å². The lowest BCUT2D eigenvalue weighted by atomic mass is 10.1. The molecule has 0 aromatic heterocycles. The standard InChI is InChI=1S/C20H19ClN2O3S/c21-14-5-7-16(8-6-14)27(24,25)23-19-9-10-20(26-15-11-12-22-13-15)18-4-2-1-3-17(18)19/h1-10,15,22-23H,11-13H2/t15-/m0/s1. The molecule has 1 fully saturated rings. The van der Waals surface area contributed by atoms with Crippen LogP contribution in [0.5, 0.6) is 5.75 Å². The van der Waals surface area contributed by atoms with Crippen LogP contribution >= 0.6 is 11.6 Å². The second-order valence-electron chi connectivity index (χ2n) is 6.45. The van der Waals surface area contributed by atoms with E-state index in [0.29, 0.717) is 10.7 Å². The lowest BCUT2D eigenvalue weighted by Crippen LogP contribution is -2.19. The van der Waals surface area contributed by atoms with Gasteiger partial charge in [0.25, 0.3) is 10.0 Å². The molecule has 0 radical (unpaired) electrons. The predicted molar refractivity (Wildman–Crippen MR) is 108 cm³/mol. The minimum Gasteiger partial charge on any atom is -0.488 e. The zero-order chi connectivity index (χ0) is 18.9. The number of fused-ring (bicyclic) bond motifs is 1. The van der Waals surface area contributed by atoms with Crippen LogP contribution in [0.15, 0.2) is 65.6 Å². The van der Waals surface area contributed by atoms with E-state index in [1.807, 2.05) is 30.3 Å². The number of anilines is 1. The summed E-state index contributed by atoms with van der Waals surface area (Å²) < 4.78 is 34.2. The summed E-state index contributed by atoms with van der Waals surface area (Å²) >= 11 is 5.85. The fourth-order valence-electron chi connectivity index (χ4n) is 3.19. The van der Waals surface area contributed by atoms with E-state index in [0.717, 1.165) is 36.0 Å². The molecule has 27 heavy (non-hydrogen) atoms. The quantitative estimate of drug-likeness (QED) is 0.676. The second kappa shape index (κ2) is 7.38. The molecule has 1 saturated heterocycles. The summed E-state index contributed by atoms with van der Waals surface area (Å²) in [6.45, 7) is 1.76. The third-order valence-electron chi connectivity index (χ3n) is 4.56. The third-order valence-corrected chi connectivity index (χ3v) is 6.19. The Labute approximate surface area is 163 Å². The first kappa shape index (κ1) is 18.1. The molecule has 0 amide bonds. The second-order valence-corrected chi connectivity index (χ2v) is 8.57. The fourth-order valence-corrected chi connectivity index (χ4v) is 4.39. The molecule has 1 aliphatic heterocycles. The molecule has 0 unspecified atom stereocenters. The van der Waals surface area contributed by atoms with Crippen molar-refractivity contribution in [2.45, 2.75) is 17.4 Å². The normalized spacial score (nSPS) is 17.1. The first-order chi connectivity index (χ1) is 13.0. The predicted octanol–water partition coefficient (Wildman–Crippen LogP) is 4.03. The Hall–Kier alpha value is -2.28. The Morgan fingerprint density at radius 1 is 1.00 bits per heavy atom. The summed E-state index contributed by atoms with van der Waals surface area (Å²) in [6.07, 6.45) is 1.09. The SMILES string of the molecule is O=S(=O)(Nc1ccc(O[C@H]2CCNC2)c2ccccc12)c1ccc(Cl)cc1. The summed E-state index contributed by atoms with van der Waals surface area (Å²) in [5, 5.41) is 5.43. The number of ether oxygens (including phenoxy) is 1. The van der Waals surface area contributed by atoms with Gasteiger partial charge in [0.2, 0.25) is 0 Å². The van der Waals surface area contributed by atoms with E-state index >= 15 is 0 Å². The molecule has 2 N–H and O–H groups in total. The average Bonchev–Trinajstić information content (AvgIpc) is 3.17. The van der Waals surface area contributed by atoms with Crippen molar-refractivity contribution in [2.75, 3.05) is 17.8 Å². The van der Waals surface area contributed by atoms with Crippen LogP contribution in [0.4, 0.5) is 5.69 Å². The van der Waals surface area contributed by atoms with Gasteiger partial charge in [0.1, 0.15) is 11.9 Å². The summed E-state index contributed by atoms with van der Waals surface area (Å²) in [7, 11) is -3.72. The van der Waals surface area contributed by atoms with Crippen molar-refractivity contribution in [1.82, 2.24) is 5.32 Å². The van der Waals surface area contributed by atoms with Crippen LogP contribution in [0.2, 0.25) is 5.02 Å². The van der Waals surface area contributed by atoms with Gasteiger partial charge in [-0.1, -0.05) is 35.9 Å². The molecule has 0 bridgehead atoms. The Morgan fingerprint density at radius 3 is 2.44 bits per heavy atom. The highest BCUT2D eigenvalue weighted by Crippen LogP contribution is 2.33. The maximum absolute atomic E-state index is 12.7. The van der Waals surface area contributed by atoms with Crippen molar-refractivity contribution in [3.8, 4) is 5.75 Å². The molecular formula is C20H19ClN2O3S. The molecule has 0 spiro atoms. The average molecular weight is 403 g/mol. The molecule has 5 nitrogen and oxygen atoms in total. The maximum Gasteiger partial charge on any atom is 0.261 e. The third kappa shape index (κ3) is 3.88. The monoisotopic (exact) mass is 402 g/mol. The number of sulfonamides is 1. The Balaban J connectivity index is 1.69. The van der Waals surface area contributed by atoms with Crippen molar-refractivity contribution in [1.29, 1.82) is 0 Å². The van der Waals surface area contributed by atoms with Crippen LogP contribution in [0.3, 0.4) is 0 Å². The Bertz CT molecular complexity index is 1060. The molecule has 140 valence electrons. The highest BCUT2D eigenvalue weighted by molar-refractivity contribution is 7.92. The minimum atomic E-state index is -3.72. The first-order valence-electron chi connectivity index (χ1n) is 8.70. The van der Waals surface area contributed by atoms with Crippen LogP contribution in [0, 0.1) is 0 Å². The number of halogens is 1. The van der Waals surface area contributed by atoms with Gasteiger partial charge in [0, 0.05) is 22.3 Å². The van der Waals surface area contributed by atoms with Crippen LogP contribution in [0.1, 0.15) is 6.42 Å². The van der Waals surface area contributed by atoms with Gasteiger partial charge >= 0.3 is 0 Å². The molecule has 1 atom stereocenters. The summed E-state index contributed by atoms with van der Waals surface area (Å²) in [4.78, 5) is 0.160. The summed E-state index contributed by atoms with van der Waals surface area (Å²) in [6, 6.07) is 17.3. The van der Waals surface area contributed by atoms with Gasteiger partial charge in [0.05, 0.1) is 10.6 Å². The van der Waals surface area contributed by atoms with Gasteiger partial charge in [-0.25, -0.2) is 8.42 Å². The van der Waals surface area contributed by atoms with Gasteiger partial charge < -0.3 is 10.1 Å². The van der Waals surface area contributed by atoms with Crippen LogP contribution in [0.25, 0.3) is 10.8 Å². The van der Waals surface area contributed by atoms with Crippen molar-refractivity contribution in [2.24, 2.45) is 0 Å². The van der Waals surface area contributed by atoms with Gasteiger partial charge in [-0.3, -0.25) is 4.72 Å². The molecule has 1 heterocycles. The topological polar surface area (TPSA) is 67.4 Å². The highest BCUT2D eigenvalue weighted by atomic mass is 35.5. The van der Waals surface area contributed by atoms with Crippen molar-refractivity contribution < 1.29 is 13.2 Å². The largest absolute Gasteiger partial charge is 0.488 e. The molecule has 0 saturated carbocycles. The van der Waals surface area contributed by atoms with Crippen LogP contribution < -0.4 is 14.8 Å². The van der Waals surface area contributed by atoms with Crippen LogP contribution in [-0.4, -0.2) is 27.6 Å². The van der Waals surface area contributed by atoms with E-state index in [2.05, 4.69) is 10.0 Å². The summed E-state index contributed by atoms with van der Waals surface area (Å²) in [5.74, 6) is 0.758. The molecule has 0 aliphatic carbocycles. The molecule has 4 rings (SSSR count). The van der Waals surface area contributed by atoms with Crippen molar-refractivity contribution >= 4 is 38.1 Å². The minimum absolute atomic E-state index is 0.130. The van der Waals surface area contributed by atoms with Gasteiger partial charge in [0.15, 0.2) is 0 Å². The molecule has 3 aromatic rings. The summed E-state index contributed by atoms with van der Waals surface area (Å²) in [5.41, 5.74) is 0.512. The smallest absolute Gasteiger partial charge is 0.261 e. The molecule has 7 heteroatoms. The van der Waals surface area contributed by atoms with Crippen molar-refractivity contribution in [3.05, 3.63) is 65.7 Å². The zero-order valence-corrected chi connectivity index (χ0v) is 16.1. The van der Waals surface area contributed by atoms with E-state index in [4.69, 9.17) is 16.3 Å². The lowest BCUT2D eigenvalue weighted by molar-refractivity contribution is 0.226. The number of hydrogen-bond donors (Lipinski definition) is 2. The van der Waals surface area contributed by atoms with Crippen LogP contribution in [-0.2, 0) is 10.0 Å². The van der Waals surface area contributed by atoms with E-state index in [1.165, 1.54) is 12.1 Å². The number of rotatable bonds is 5. The molecule has 1 aliphatic rings. The highest BCUT2D eigenvalue weighted by Gasteiger charge is 2.19. The fraction of sp³-hybridized carbons (Fsp3) is 0.200. The van der Waals surface area contributed by atoms with E-state index in [-0.39, 0.29) is 11.0 Å². The van der Waals surface area contributed by atoms with Crippen molar-refractivity contribution in [3.63, 3.8) is 0 Å². The van der Waals surface area contributed by atoms with E-state index in [1.54, 1.807) is 18.2 Å². The Morgan fingerprint density at radius 2 is 1.74 bits per heavy atom. The van der Waals surface area contributed by atoms with Gasteiger partial charge in [-0.2, -0.15) is 0 Å². The van der Waals surface area contributed by atoms with E-state index in [9.17, 15) is 8.42 Å². The number of hydrogen-bond acceptors (Lipinski definition) is 4. The zero-order valence-electron chi connectivity index (χ0n) is 14.5. The Kier molecular flexibility index (Phi) is 4.95. The maximum atomic E-state index is 12.7. The first-order valence-corrected chi connectivity index (χ1v) is 10.6. The number of nitrogens with one attached hydrogen (secondary N) is 2. The molecule has 3 aromatic carbocycles. The lowest BCUT2D eigenvalue weighted by Gasteiger charge is -2.17. The molecular weight excluding hydrogens is 384 g/mol.